The van der Waals surface area contributed by atoms with Gasteiger partial charge in [0.25, 0.3) is 11.8 Å². The van der Waals surface area contributed by atoms with E-state index in [9.17, 15) is 45.5 Å². The zero-order valence-corrected chi connectivity index (χ0v) is 46.2. The Morgan fingerprint density at radius 3 is 1.41 bits per heavy atom. The first-order chi connectivity index (χ1) is 35.3. The van der Waals surface area contributed by atoms with E-state index in [4.69, 9.17) is 29.9 Å². The Morgan fingerprint density at radius 1 is 0.671 bits per heavy atom. The molecule has 4 aromatic rings. The van der Waals surface area contributed by atoms with Crippen LogP contribution in [0.2, 0.25) is 0 Å². The summed E-state index contributed by atoms with van der Waals surface area (Å²) in [5.74, 6) is 0.760. The molecule has 0 saturated heterocycles. The number of carbonyl (C=O) groups is 4. The number of rotatable bonds is 26. The van der Waals surface area contributed by atoms with Crippen molar-refractivity contribution in [3.8, 4) is 11.8 Å². The number of hydrazine groups is 1. The molecule has 5 N–H and O–H groups in total. The number of Topliss-reactive ketones (excluding diaryl/α,β-unsaturated/α-hetero) is 1. The highest BCUT2D eigenvalue weighted by Gasteiger charge is 2.62. The summed E-state index contributed by atoms with van der Waals surface area (Å²) in [6.07, 6.45) is -4.53. The van der Waals surface area contributed by atoms with Crippen LogP contribution in [0.5, 0.6) is 11.8 Å². The average Bonchev–Trinajstić information content (AvgIpc) is 3.35. The molecule has 0 aliphatic rings. The van der Waals surface area contributed by atoms with Gasteiger partial charge >= 0.3 is 18.3 Å². The number of benzene rings is 2. The van der Waals surface area contributed by atoms with Gasteiger partial charge in [0, 0.05) is 28.4 Å². The lowest BCUT2D eigenvalue weighted by molar-refractivity contribution is -0.273. The molecule has 0 saturated carbocycles. The number of ether oxygens (including phenoxy) is 4. The minimum atomic E-state index is -5.05. The lowest BCUT2D eigenvalue weighted by Crippen LogP contribution is -2.60. The Hall–Kier alpha value is -5.91. The SMILES string of the molecule is C=CCC[C@@](OCc1ccccc1)(C(=O)NCC(=O)c1nc(O[C@H](C)CC=C)c(C)cc1Br)C(F)(F)F.C=CCC[C@@](OCc1ccccc1)(C(=O)NN)C(F)(F)F.C=CC[C@@H](C)Oc1nc(C(=O)O)c(Br)cc1C.Cl. The van der Waals surface area contributed by atoms with Crippen LogP contribution in [0.15, 0.2) is 132 Å². The third-order valence-electron chi connectivity index (χ3n) is 10.6. The topological polar surface area (TPSA) is 201 Å². The van der Waals surface area contributed by atoms with Crippen LogP contribution in [-0.2, 0) is 32.3 Å². The van der Waals surface area contributed by atoms with Gasteiger partial charge in [0.2, 0.25) is 28.7 Å². The van der Waals surface area contributed by atoms with E-state index < -0.39 is 73.1 Å². The fourth-order valence-electron chi connectivity index (χ4n) is 6.54. The first-order valence-corrected chi connectivity index (χ1v) is 24.5. The number of nitrogens with one attached hydrogen (secondary N) is 2. The second-order valence-electron chi connectivity index (χ2n) is 16.5. The smallest absolute Gasteiger partial charge is 0.426 e. The van der Waals surface area contributed by atoms with E-state index in [2.05, 4.69) is 73.5 Å². The van der Waals surface area contributed by atoms with E-state index in [0.717, 1.165) is 5.56 Å². The molecule has 2 aromatic carbocycles. The zero-order chi connectivity index (χ0) is 56.6. The summed E-state index contributed by atoms with van der Waals surface area (Å²) in [6.45, 7) is 19.8. The number of carboxylic acids is 1. The van der Waals surface area contributed by atoms with E-state index in [0.29, 0.717) is 44.4 Å². The molecule has 2 heterocycles. The summed E-state index contributed by atoms with van der Waals surface area (Å²) in [5, 5.41) is 11.1. The normalized spacial score (nSPS) is 13.3. The van der Waals surface area contributed by atoms with Gasteiger partial charge in [0.1, 0.15) is 17.9 Å². The van der Waals surface area contributed by atoms with Gasteiger partial charge in [-0.3, -0.25) is 19.8 Å². The number of aryl methyl sites for hydroxylation is 2. The number of carboxylic acid groups (broad SMARTS) is 1. The van der Waals surface area contributed by atoms with Gasteiger partial charge in [0.05, 0.1) is 24.2 Å². The molecule has 0 aliphatic carbocycles. The van der Waals surface area contributed by atoms with Crippen molar-refractivity contribution in [1.29, 1.82) is 0 Å². The number of amides is 2. The quantitative estimate of drug-likeness (QED) is 0.0116. The Balaban J connectivity index is 0.000000625. The first kappa shape index (κ1) is 68.1. The molecule has 0 spiro atoms. The number of pyridine rings is 2. The maximum atomic E-state index is 14.3. The van der Waals surface area contributed by atoms with Crippen molar-refractivity contribution >= 4 is 67.8 Å². The lowest BCUT2D eigenvalue weighted by Gasteiger charge is -2.34. The van der Waals surface area contributed by atoms with Gasteiger partial charge in [-0.05, 0) is 108 Å². The summed E-state index contributed by atoms with van der Waals surface area (Å²) in [5.41, 5.74) is -2.33. The van der Waals surface area contributed by atoms with Gasteiger partial charge in [-0.2, -0.15) is 26.3 Å². The number of aromatic carboxylic acids is 1. The molecule has 23 heteroatoms. The van der Waals surface area contributed by atoms with Crippen molar-refractivity contribution in [2.24, 2.45) is 5.84 Å². The summed E-state index contributed by atoms with van der Waals surface area (Å²) < 4.78 is 105. The molecule has 2 amide bonds. The standard InChI is InChI=1S/C27H30BrF3N2O4.C14H17F3N2O2.C12H14BrNO3.ClH/c1-5-7-14-26(27(29,30)31,36-17-20-12-9-8-10-13-20)25(35)32-16-22(34)23-21(28)15-18(3)24(33-23)37-19(4)11-6-2;1-2-3-9-13(12(20)19-18,14(15,16)17)21-10-11-7-5-4-6-8-11;1-4-5-8(3)17-11-7(2)6-9(13)10(14-11)12(15)16;/h5-6,8-10,12-13,15,19H,1-2,7,11,14,16-17H2,3-4H3,(H,32,35);2,4-8H,1,3,9-10,18H2,(H,19,20);4,6,8H,1,5H2,2-3H3,(H,15,16);1H/t19-,26-;13-;8-;/m111./s1. The molecule has 0 unspecified atom stereocenters. The largest absolute Gasteiger partial charge is 0.476 e. The van der Waals surface area contributed by atoms with Gasteiger partial charge < -0.3 is 29.4 Å². The number of nitrogens with two attached hydrogens (primary N) is 1. The number of hydrogen-bond donors (Lipinski definition) is 4. The van der Waals surface area contributed by atoms with Gasteiger partial charge in [-0.1, -0.05) is 85.0 Å². The Labute approximate surface area is 461 Å². The molecule has 0 aliphatic heterocycles. The molecular formula is C53H62Br2ClF6N5O9. The maximum Gasteiger partial charge on any atom is 0.426 e. The van der Waals surface area contributed by atoms with E-state index >= 15 is 0 Å². The van der Waals surface area contributed by atoms with Crippen LogP contribution in [0, 0.1) is 13.8 Å². The number of hydrogen-bond acceptors (Lipinski definition) is 11. The Kier molecular flexibility index (Phi) is 29.2. The van der Waals surface area contributed by atoms with Crippen molar-refractivity contribution in [1.82, 2.24) is 20.7 Å². The van der Waals surface area contributed by atoms with Crippen molar-refractivity contribution in [3.05, 3.63) is 166 Å². The van der Waals surface area contributed by atoms with Crippen molar-refractivity contribution in [3.63, 3.8) is 0 Å². The predicted octanol–water partition coefficient (Wildman–Crippen LogP) is 12.4. The fraction of sp³-hybridized carbons (Fsp3) is 0.358. The number of halogens is 9. The number of alkyl halides is 6. The number of nitrogens with zero attached hydrogens (tertiary/aromatic N) is 2. The van der Waals surface area contributed by atoms with Gasteiger partial charge in [-0.25, -0.2) is 20.6 Å². The molecule has 14 nitrogen and oxygen atoms in total. The fourth-order valence-corrected chi connectivity index (χ4v) is 7.80. The number of carbonyl (C=O) groups excluding carboxylic acids is 3. The second kappa shape index (κ2) is 32.6. The number of ketones is 1. The van der Waals surface area contributed by atoms with Crippen molar-refractivity contribution < 1.29 is 69.6 Å². The molecule has 4 atom stereocenters. The predicted molar refractivity (Wildman–Crippen MR) is 286 cm³/mol. The molecule has 0 fully saturated rings. The van der Waals surface area contributed by atoms with Crippen LogP contribution >= 0.6 is 44.3 Å². The maximum absolute atomic E-state index is 14.3. The molecule has 0 radical (unpaired) electrons. The molecule has 2 aromatic heterocycles. The summed E-state index contributed by atoms with van der Waals surface area (Å²) in [4.78, 5) is 56.7. The first-order valence-electron chi connectivity index (χ1n) is 22.9. The Morgan fingerprint density at radius 2 is 1.05 bits per heavy atom. The summed E-state index contributed by atoms with van der Waals surface area (Å²) in [7, 11) is 0. The molecular weight excluding hydrogens is 1160 g/mol. The van der Waals surface area contributed by atoms with Crippen LogP contribution in [0.25, 0.3) is 0 Å². The number of aromatic nitrogens is 2. The van der Waals surface area contributed by atoms with Crippen LogP contribution in [0.1, 0.15) is 95.6 Å². The van der Waals surface area contributed by atoms with Crippen LogP contribution in [-0.4, -0.2) is 80.9 Å². The molecule has 76 heavy (non-hydrogen) atoms. The molecule has 416 valence electrons. The second-order valence-corrected chi connectivity index (χ2v) is 18.2. The highest BCUT2D eigenvalue weighted by Crippen LogP contribution is 2.40. The van der Waals surface area contributed by atoms with Crippen LogP contribution in [0.3, 0.4) is 0 Å². The Bertz CT molecular complexity index is 2560. The third-order valence-corrected chi connectivity index (χ3v) is 11.8. The lowest BCUT2D eigenvalue weighted by atomic mass is 9.94. The van der Waals surface area contributed by atoms with Crippen molar-refractivity contribution in [2.45, 2.75) is 115 Å². The molecule has 4 rings (SSSR count). The van der Waals surface area contributed by atoms with Crippen LogP contribution < -0.4 is 26.1 Å². The summed E-state index contributed by atoms with van der Waals surface area (Å²) in [6, 6.07) is 19.8. The van der Waals surface area contributed by atoms with E-state index in [1.165, 1.54) is 17.6 Å². The van der Waals surface area contributed by atoms with Gasteiger partial charge in [0.15, 0.2) is 5.69 Å². The highest BCUT2D eigenvalue weighted by molar-refractivity contribution is 9.10. The van der Waals surface area contributed by atoms with Crippen LogP contribution in [0.4, 0.5) is 26.3 Å². The summed E-state index contributed by atoms with van der Waals surface area (Å²) >= 11 is 6.42. The number of allylic oxidation sites excluding steroid dienone is 2. The minimum absolute atomic E-state index is 0. The van der Waals surface area contributed by atoms with E-state index in [1.54, 1.807) is 91.9 Å². The van der Waals surface area contributed by atoms with Gasteiger partial charge in [-0.15, -0.1) is 38.7 Å². The van der Waals surface area contributed by atoms with Crippen molar-refractivity contribution in [2.75, 3.05) is 6.54 Å². The third kappa shape index (κ3) is 20.2. The monoisotopic (exact) mass is 1220 g/mol. The van der Waals surface area contributed by atoms with E-state index in [1.807, 2.05) is 20.8 Å². The minimum Gasteiger partial charge on any atom is -0.476 e. The van der Waals surface area contributed by atoms with E-state index in [-0.39, 0.29) is 61.3 Å². The molecule has 0 bridgehead atoms. The highest BCUT2D eigenvalue weighted by atomic mass is 79.9. The average molecular weight is 1220 g/mol. The zero-order valence-electron chi connectivity index (χ0n) is 42.2.